The Labute approximate surface area is 154 Å². The molecule has 2 aromatic rings. The van der Waals surface area contributed by atoms with Crippen molar-refractivity contribution < 1.29 is 14.0 Å². The monoisotopic (exact) mass is 354 g/mol. The number of rotatable bonds is 4. The van der Waals surface area contributed by atoms with E-state index in [1.807, 2.05) is 31.0 Å². The standard InChI is InChI=1S/C21H26N2O3/c1-14-6-10-17(11-7-14)23(3)21(25)16-9-8-15(2)18(13-16)22-20(24)19-5-4-12-26-19/h4-5,8-9,12-14,17H,6-7,10-11H2,1-3H3,(H,22,24). The quantitative estimate of drug-likeness (QED) is 0.880. The second-order valence-corrected chi connectivity index (χ2v) is 7.29. The Kier molecular flexibility index (Phi) is 5.45. The Hall–Kier alpha value is -2.56. The number of nitrogens with one attached hydrogen (secondary N) is 1. The number of aryl methyl sites for hydroxylation is 1. The summed E-state index contributed by atoms with van der Waals surface area (Å²) in [5, 5.41) is 2.83. The Morgan fingerprint density at radius 1 is 1.15 bits per heavy atom. The van der Waals surface area contributed by atoms with Gasteiger partial charge in [0.05, 0.1) is 6.26 Å². The Morgan fingerprint density at radius 3 is 2.54 bits per heavy atom. The van der Waals surface area contributed by atoms with Gasteiger partial charge in [0.25, 0.3) is 11.8 Å². The zero-order chi connectivity index (χ0) is 18.7. The van der Waals surface area contributed by atoms with Gasteiger partial charge in [-0.1, -0.05) is 13.0 Å². The lowest BCUT2D eigenvalue weighted by Crippen LogP contribution is -2.39. The molecular weight excluding hydrogens is 328 g/mol. The van der Waals surface area contributed by atoms with E-state index in [2.05, 4.69) is 12.2 Å². The number of hydrogen-bond acceptors (Lipinski definition) is 3. The summed E-state index contributed by atoms with van der Waals surface area (Å²) in [4.78, 5) is 27.0. The van der Waals surface area contributed by atoms with Crippen molar-refractivity contribution in [3.63, 3.8) is 0 Å². The molecule has 3 rings (SSSR count). The molecule has 1 aromatic heterocycles. The SMILES string of the molecule is Cc1ccc(C(=O)N(C)C2CCC(C)CC2)cc1NC(=O)c1ccco1. The lowest BCUT2D eigenvalue weighted by molar-refractivity contribution is 0.0679. The summed E-state index contributed by atoms with van der Waals surface area (Å²) < 4.78 is 5.12. The van der Waals surface area contributed by atoms with Crippen LogP contribution in [-0.4, -0.2) is 29.8 Å². The molecule has 0 spiro atoms. The molecule has 1 fully saturated rings. The van der Waals surface area contributed by atoms with Crippen LogP contribution in [0.3, 0.4) is 0 Å². The number of carbonyl (C=O) groups is 2. The van der Waals surface area contributed by atoms with E-state index in [9.17, 15) is 9.59 Å². The van der Waals surface area contributed by atoms with Crippen LogP contribution in [0.15, 0.2) is 41.0 Å². The van der Waals surface area contributed by atoms with Crippen molar-refractivity contribution >= 4 is 17.5 Å². The number of amides is 2. The average Bonchev–Trinajstić information content (AvgIpc) is 3.18. The first-order valence-electron chi connectivity index (χ1n) is 9.18. The van der Waals surface area contributed by atoms with Gasteiger partial charge < -0.3 is 14.6 Å². The largest absolute Gasteiger partial charge is 0.459 e. The molecule has 1 aliphatic carbocycles. The molecule has 0 aliphatic heterocycles. The number of benzene rings is 1. The van der Waals surface area contributed by atoms with Crippen molar-refractivity contribution in [2.75, 3.05) is 12.4 Å². The molecule has 26 heavy (non-hydrogen) atoms. The van der Waals surface area contributed by atoms with Gasteiger partial charge in [-0.2, -0.15) is 0 Å². The molecule has 5 nitrogen and oxygen atoms in total. The van der Waals surface area contributed by atoms with Gasteiger partial charge in [-0.05, 0) is 68.4 Å². The number of furan rings is 1. The third-order valence-corrected chi connectivity index (χ3v) is 5.33. The van der Waals surface area contributed by atoms with Crippen LogP contribution in [-0.2, 0) is 0 Å². The number of hydrogen-bond donors (Lipinski definition) is 1. The maximum Gasteiger partial charge on any atom is 0.291 e. The van der Waals surface area contributed by atoms with Crippen LogP contribution in [0.1, 0.15) is 59.1 Å². The van der Waals surface area contributed by atoms with Crippen molar-refractivity contribution in [2.45, 2.75) is 45.6 Å². The minimum atomic E-state index is -0.322. The molecular formula is C21H26N2O3. The third-order valence-electron chi connectivity index (χ3n) is 5.33. The Morgan fingerprint density at radius 2 is 1.88 bits per heavy atom. The van der Waals surface area contributed by atoms with E-state index in [4.69, 9.17) is 4.42 Å². The van der Waals surface area contributed by atoms with E-state index in [-0.39, 0.29) is 17.6 Å². The zero-order valence-electron chi connectivity index (χ0n) is 15.6. The third kappa shape index (κ3) is 3.98. The van der Waals surface area contributed by atoms with E-state index in [1.165, 1.54) is 19.1 Å². The summed E-state index contributed by atoms with van der Waals surface area (Å²) in [5.74, 6) is 0.669. The van der Waals surface area contributed by atoms with E-state index in [0.717, 1.165) is 24.3 Å². The fourth-order valence-electron chi connectivity index (χ4n) is 3.48. The number of nitrogens with zero attached hydrogens (tertiary/aromatic N) is 1. The molecule has 1 aliphatic rings. The van der Waals surface area contributed by atoms with Crippen molar-refractivity contribution in [3.8, 4) is 0 Å². The molecule has 0 saturated heterocycles. The average molecular weight is 354 g/mol. The van der Waals surface area contributed by atoms with Gasteiger partial charge >= 0.3 is 0 Å². The van der Waals surface area contributed by atoms with Crippen molar-refractivity contribution in [1.29, 1.82) is 0 Å². The maximum absolute atomic E-state index is 12.9. The first-order chi connectivity index (χ1) is 12.5. The normalized spacial score (nSPS) is 19.8. The van der Waals surface area contributed by atoms with Crippen LogP contribution in [0.2, 0.25) is 0 Å². The van der Waals surface area contributed by atoms with E-state index in [1.54, 1.807) is 18.2 Å². The Bertz CT molecular complexity index is 775. The highest BCUT2D eigenvalue weighted by Gasteiger charge is 2.25. The summed E-state index contributed by atoms with van der Waals surface area (Å²) in [6, 6.07) is 9.00. The summed E-state index contributed by atoms with van der Waals surface area (Å²) in [5.41, 5.74) is 2.12. The predicted molar refractivity (Wildman–Crippen MR) is 101 cm³/mol. The lowest BCUT2D eigenvalue weighted by atomic mass is 9.86. The molecule has 2 amide bonds. The fourth-order valence-corrected chi connectivity index (χ4v) is 3.48. The first-order valence-corrected chi connectivity index (χ1v) is 9.18. The highest BCUT2D eigenvalue weighted by Crippen LogP contribution is 2.28. The minimum Gasteiger partial charge on any atom is -0.459 e. The van der Waals surface area contributed by atoms with Crippen molar-refractivity contribution in [1.82, 2.24) is 4.90 Å². The van der Waals surface area contributed by atoms with Crippen molar-refractivity contribution in [3.05, 3.63) is 53.5 Å². The van der Waals surface area contributed by atoms with Gasteiger partial charge in [0.1, 0.15) is 0 Å². The molecule has 1 aromatic carbocycles. The molecule has 138 valence electrons. The second kappa shape index (κ2) is 7.77. The Balaban J connectivity index is 1.73. The second-order valence-electron chi connectivity index (χ2n) is 7.29. The number of carbonyl (C=O) groups excluding carboxylic acids is 2. The topological polar surface area (TPSA) is 62.6 Å². The smallest absolute Gasteiger partial charge is 0.291 e. The molecule has 1 saturated carbocycles. The highest BCUT2D eigenvalue weighted by molar-refractivity contribution is 6.03. The molecule has 0 bridgehead atoms. The molecule has 1 N–H and O–H groups in total. The van der Waals surface area contributed by atoms with Crippen LogP contribution in [0.5, 0.6) is 0 Å². The maximum atomic E-state index is 12.9. The highest BCUT2D eigenvalue weighted by atomic mass is 16.3. The van der Waals surface area contributed by atoms with Gasteiger partial charge in [-0.3, -0.25) is 9.59 Å². The zero-order valence-corrected chi connectivity index (χ0v) is 15.6. The molecule has 0 radical (unpaired) electrons. The predicted octanol–water partition coefficient (Wildman–Crippen LogP) is 4.49. The minimum absolute atomic E-state index is 0.00180. The van der Waals surface area contributed by atoms with Gasteiger partial charge in [0.2, 0.25) is 0 Å². The van der Waals surface area contributed by atoms with E-state index < -0.39 is 0 Å². The van der Waals surface area contributed by atoms with Crippen LogP contribution in [0, 0.1) is 12.8 Å². The van der Waals surface area contributed by atoms with Gasteiger partial charge in [0, 0.05) is 24.3 Å². The van der Waals surface area contributed by atoms with Crippen LogP contribution in [0.4, 0.5) is 5.69 Å². The molecule has 0 unspecified atom stereocenters. The summed E-state index contributed by atoms with van der Waals surface area (Å²) >= 11 is 0. The van der Waals surface area contributed by atoms with E-state index >= 15 is 0 Å². The van der Waals surface area contributed by atoms with Crippen molar-refractivity contribution in [2.24, 2.45) is 5.92 Å². The summed E-state index contributed by atoms with van der Waals surface area (Å²) in [6.07, 6.45) is 5.90. The van der Waals surface area contributed by atoms with Crippen LogP contribution >= 0.6 is 0 Å². The first kappa shape index (κ1) is 18.2. The fraction of sp³-hybridized carbons (Fsp3) is 0.429. The molecule has 5 heteroatoms. The summed E-state index contributed by atoms with van der Waals surface area (Å²) in [6.45, 7) is 4.17. The van der Waals surface area contributed by atoms with Gasteiger partial charge in [-0.25, -0.2) is 0 Å². The van der Waals surface area contributed by atoms with Crippen LogP contribution < -0.4 is 5.32 Å². The molecule has 0 atom stereocenters. The lowest BCUT2D eigenvalue weighted by Gasteiger charge is -2.33. The van der Waals surface area contributed by atoms with Gasteiger partial charge in [-0.15, -0.1) is 0 Å². The number of anilines is 1. The summed E-state index contributed by atoms with van der Waals surface area (Å²) in [7, 11) is 1.88. The van der Waals surface area contributed by atoms with Crippen LogP contribution in [0.25, 0.3) is 0 Å². The molecule has 1 heterocycles. The van der Waals surface area contributed by atoms with Gasteiger partial charge in [0.15, 0.2) is 5.76 Å². The van der Waals surface area contributed by atoms with E-state index in [0.29, 0.717) is 17.3 Å².